The van der Waals surface area contributed by atoms with Crippen LogP contribution in [0.3, 0.4) is 0 Å². The number of fused-ring (bicyclic) bond motifs is 1. The van der Waals surface area contributed by atoms with Crippen LogP contribution in [0.5, 0.6) is 0 Å². The van der Waals surface area contributed by atoms with Crippen LogP contribution in [0, 0.1) is 0 Å². The van der Waals surface area contributed by atoms with Crippen LogP contribution in [0.25, 0.3) is 0 Å². The molecule has 0 spiro atoms. The zero-order valence-electron chi connectivity index (χ0n) is 11.6. The minimum absolute atomic E-state index is 0.0694. The Kier molecular flexibility index (Phi) is 3.42. The maximum atomic E-state index is 12.2. The lowest BCUT2D eigenvalue weighted by Crippen LogP contribution is -2.12. The Balaban J connectivity index is 1.78. The summed E-state index contributed by atoms with van der Waals surface area (Å²) in [5.41, 5.74) is 5.27. The van der Waals surface area contributed by atoms with Crippen molar-refractivity contribution in [3.63, 3.8) is 0 Å². The molecule has 3 heteroatoms. The van der Waals surface area contributed by atoms with Gasteiger partial charge in [-0.1, -0.05) is 12.1 Å². The fraction of sp³-hybridized carbons (Fsp3) is 0.235. The number of hydrogen-bond acceptors (Lipinski definition) is 2. The van der Waals surface area contributed by atoms with E-state index in [-0.39, 0.29) is 5.91 Å². The molecule has 0 atom stereocenters. The van der Waals surface area contributed by atoms with Gasteiger partial charge in [-0.2, -0.15) is 0 Å². The van der Waals surface area contributed by atoms with Crippen molar-refractivity contribution < 1.29 is 4.79 Å². The summed E-state index contributed by atoms with van der Waals surface area (Å²) in [7, 11) is 1.84. The van der Waals surface area contributed by atoms with Gasteiger partial charge in [0.05, 0.1) is 0 Å². The lowest BCUT2D eigenvalue weighted by atomic mass is 10.1. The van der Waals surface area contributed by atoms with E-state index >= 15 is 0 Å². The number of hydrogen-bond donors (Lipinski definition) is 2. The smallest absolute Gasteiger partial charge is 0.255 e. The summed E-state index contributed by atoms with van der Waals surface area (Å²) in [6.07, 6.45) is 3.50. The molecule has 1 aliphatic carbocycles. The normalized spacial score (nSPS) is 12.8. The quantitative estimate of drug-likeness (QED) is 0.893. The molecule has 0 heterocycles. The van der Waals surface area contributed by atoms with Crippen molar-refractivity contribution >= 4 is 17.3 Å². The molecular weight excluding hydrogens is 248 g/mol. The van der Waals surface area contributed by atoms with Crippen LogP contribution < -0.4 is 10.6 Å². The van der Waals surface area contributed by atoms with E-state index in [1.54, 1.807) is 0 Å². The fourth-order valence-corrected chi connectivity index (χ4v) is 2.67. The Hall–Kier alpha value is -2.29. The molecule has 2 aromatic carbocycles. The Morgan fingerprint density at radius 2 is 1.85 bits per heavy atom. The molecule has 0 unspecified atom stereocenters. The number of rotatable bonds is 3. The summed E-state index contributed by atoms with van der Waals surface area (Å²) in [5, 5.41) is 6.01. The summed E-state index contributed by atoms with van der Waals surface area (Å²) in [5.74, 6) is -0.0694. The van der Waals surface area contributed by atoms with E-state index in [1.165, 1.54) is 17.5 Å². The summed E-state index contributed by atoms with van der Waals surface area (Å²) in [4.78, 5) is 12.2. The fourth-order valence-electron chi connectivity index (χ4n) is 2.67. The molecule has 0 bridgehead atoms. The summed E-state index contributed by atoms with van der Waals surface area (Å²) in [6.45, 7) is 0. The van der Waals surface area contributed by atoms with Gasteiger partial charge in [0.15, 0.2) is 0 Å². The maximum Gasteiger partial charge on any atom is 0.255 e. The summed E-state index contributed by atoms with van der Waals surface area (Å²) < 4.78 is 0. The van der Waals surface area contributed by atoms with Crippen molar-refractivity contribution in [2.45, 2.75) is 19.3 Å². The van der Waals surface area contributed by atoms with Crippen LogP contribution in [0.4, 0.5) is 11.4 Å². The van der Waals surface area contributed by atoms with Gasteiger partial charge in [-0.25, -0.2) is 0 Å². The van der Waals surface area contributed by atoms with Gasteiger partial charge in [0, 0.05) is 24.0 Å². The minimum Gasteiger partial charge on any atom is -0.388 e. The third-order valence-electron chi connectivity index (χ3n) is 3.77. The highest BCUT2D eigenvalue weighted by Crippen LogP contribution is 2.25. The zero-order valence-corrected chi connectivity index (χ0v) is 11.6. The molecule has 2 aromatic rings. The second-order valence-electron chi connectivity index (χ2n) is 5.12. The van der Waals surface area contributed by atoms with E-state index in [1.807, 2.05) is 37.4 Å². The first-order chi connectivity index (χ1) is 9.76. The second kappa shape index (κ2) is 5.37. The van der Waals surface area contributed by atoms with Crippen LogP contribution in [0.2, 0.25) is 0 Å². The minimum atomic E-state index is -0.0694. The molecular formula is C17H18N2O. The van der Waals surface area contributed by atoms with Gasteiger partial charge in [0.25, 0.3) is 5.91 Å². The van der Waals surface area contributed by atoms with Crippen LogP contribution in [0.15, 0.2) is 42.5 Å². The van der Waals surface area contributed by atoms with Gasteiger partial charge in [-0.15, -0.1) is 0 Å². The van der Waals surface area contributed by atoms with Gasteiger partial charge in [0.1, 0.15) is 0 Å². The molecule has 0 aromatic heterocycles. The van der Waals surface area contributed by atoms with Crippen LogP contribution in [0.1, 0.15) is 27.9 Å². The summed E-state index contributed by atoms with van der Waals surface area (Å²) >= 11 is 0. The van der Waals surface area contributed by atoms with Crippen LogP contribution in [-0.4, -0.2) is 13.0 Å². The van der Waals surface area contributed by atoms with Gasteiger partial charge in [-0.3, -0.25) is 4.79 Å². The highest BCUT2D eigenvalue weighted by molar-refractivity contribution is 6.04. The van der Waals surface area contributed by atoms with Crippen molar-refractivity contribution in [2.75, 3.05) is 17.7 Å². The Morgan fingerprint density at radius 3 is 2.70 bits per heavy atom. The van der Waals surface area contributed by atoms with Crippen molar-refractivity contribution in [3.05, 3.63) is 59.2 Å². The highest BCUT2D eigenvalue weighted by atomic mass is 16.1. The SMILES string of the molecule is CNc1cccc(C(=O)Nc2ccc3c(c2)CCC3)c1. The molecule has 0 aliphatic heterocycles. The maximum absolute atomic E-state index is 12.2. The van der Waals surface area contributed by atoms with Crippen molar-refractivity contribution in [3.8, 4) is 0 Å². The molecule has 1 aliphatic rings. The van der Waals surface area contributed by atoms with Gasteiger partial charge in [0.2, 0.25) is 0 Å². The number of amides is 1. The molecule has 0 saturated heterocycles. The third-order valence-corrected chi connectivity index (χ3v) is 3.77. The Bertz CT molecular complexity index is 649. The van der Waals surface area contributed by atoms with Crippen LogP contribution in [-0.2, 0) is 12.8 Å². The number of nitrogens with one attached hydrogen (secondary N) is 2. The monoisotopic (exact) mass is 266 g/mol. The lowest BCUT2D eigenvalue weighted by molar-refractivity contribution is 0.102. The van der Waals surface area contributed by atoms with Gasteiger partial charge in [-0.05, 0) is 60.7 Å². The van der Waals surface area contributed by atoms with E-state index in [0.717, 1.165) is 24.2 Å². The topological polar surface area (TPSA) is 41.1 Å². The van der Waals surface area contributed by atoms with Crippen molar-refractivity contribution in [1.29, 1.82) is 0 Å². The first-order valence-electron chi connectivity index (χ1n) is 6.97. The number of benzene rings is 2. The number of anilines is 2. The predicted molar refractivity (Wildman–Crippen MR) is 82.4 cm³/mol. The predicted octanol–water partition coefficient (Wildman–Crippen LogP) is 3.47. The van der Waals surface area contributed by atoms with Crippen LogP contribution >= 0.6 is 0 Å². The van der Waals surface area contributed by atoms with E-state index in [9.17, 15) is 4.79 Å². The Morgan fingerprint density at radius 1 is 1.00 bits per heavy atom. The Labute approximate surface area is 119 Å². The van der Waals surface area contributed by atoms with E-state index < -0.39 is 0 Å². The molecule has 0 saturated carbocycles. The average molecular weight is 266 g/mol. The highest BCUT2D eigenvalue weighted by Gasteiger charge is 2.12. The molecule has 20 heavy (non-hydrogen) atoms. The second-order valence-corrected chi connectivity index (χ2v) is 5.12. The van der Waals surface area contributed by atoms with Crippen molar-refractivity contribution in [2.24, 2.45) is 0 Å². The van der Waals surface area contributed by atoms with E-state index in [0.29, 0.717) is 5.56 Å². The number of aryl methyl sites for hydroxylation is 2. The molecule has 1 amide bonds. The number of carbonyl (C=O) groups excluding carboxylic acids is 1. The zero-order chi connectivity index (χ0) is 13.9. The largest absolute Gasteiger partial charge is 0.388 e. The molecule has 102 valence electrons. The standard InChI is InChI=1S/C17H18N2O/c1-18-15-7-3-6-14(11-15)17(20)19-16-9-8-12-4-2-5-13(12)10-16/h3,6-11,18H,2,4-5H2,1H3,(H,19,20). The number of carbonyl (C=O) groups is 1. The van der Waals surface area contributed by atoms with Gasteiger partial charge >= 0.3 is 0 Å². The molecule has 3 rings (SSSR count). The van der Waals surface area contributed by atoms with E-state index in [2.05, 4.69) is 22.8 Å². The third kappa shape index (κ3) is 2.52. The molecule has 0 radical (unpaired) electrons. The molecule has 3 nitrogen and oxygen atoms in total. The molecule has 0 fully saturated rings. The first-order valence-corrected chi connectivity index (χ1v) is 6.97. The van der Waals surface area contributed by atoms with Crippen molar-refractivity contribution in [1.82, 2.24) is 0 Å². The average Bonchev–Trinajstić information content (AvgIpc) is 2.95. The molecule has 2 N–H and O–H groups in total. The lowest BCUT2D eigenvalue weighted by Gasteiger charge is -2.08. The summed E-state index contributed by atoms with van der Waals surface area (Å²) in [6, 6.07) is 13.7. The van der Waals surface area contributed by atoms with Gasteiger partial charge < -0.3 is 10.6 Å². The van der Waals surface area contributed by atoms with E-state index in [4.69, 9.17) is 0 Å². The first kappa shape index (κ1) is 12.7.